The lowest BCUT2D eigenvalue weighted by Crippen LogP contribution is -2.55. The van der Waals surface area contributed by atoms with Crippen LogP contribution in [0.5, 0.6) is 0 Å². The molecule has 3 N–H and O–H groups in total. The van der Waals surface area contributed by atoms with Crippen LogP contribution in [0.1, 0.15) is 19.8 Å². The number of nitrogens with two attached hydrogens (primary N) is 1. The number of ether oxygens (including phenoxy) is 2. The van der Waals surface area contributed by atoms with Crippen LogP contribution in [-0.2, 0) is 9.47 Å². The smallest absolute Gasteiger partial charge is 0.0672 e. The molecule has 0 bridgehead atoms. The van der Waals surface area contributed by atoms with Crippen molar-refractivity contribution in [3.05, 3.63) is 12.2 Å². The third kappa shape index (κ3) is 4.61. The highest BCUT2D eigenvalue weighted by atomic mass is 16.5. The van der Waals surface area contributed by atoms with Crippen LogP contribution in [0.4, 0.5) is 0 Å². The second-order valence-corrected chi connectivity index (χ2v) is 4.53. The van der Waals surface area contributed by atoms with Gasteiger partial charge < -0.3 is 20.5 Å². The van der Waals surface area contributed by atoms with Gasteiger partial charge in [0.25, 0.3) is 0 Å². The number of hydrogen-bond donors (Lipinski definition) is 2. The Morgan fingerprint density at radius 3 is 2.75 bits per heavy atom. The summed E-state index contributed by atoms with van der Waals surface area (Å²) in [7, 11) is 0. The van der Waals surface area contributed by atoms with Crippen molar-refractivity contribution in [3.8, 4) is 0 Å². The van der Waals surface area contributed by atoms with Crippen LogP contribution in [-0.4, -0.2) is 45.1 Å². The fourth-order valence-corrected chi connectivity index (χ4v) is 1.85. The van der Waals surface area contributed by atoms with Crippen molar-refractivity contribution in [2.24, 2.45) is 5.73 Å². The molecule has 0 aliphatic carbocycles. The number of nitrogens with one attached hydrogen (secondary N) is 1. The molecule has 0 aromatic rings. The SMILES string of the molecule is C=C(C)COCCNC1(CN)CCOCC1. The zero-order valence-electron chi connectivity index (χ0n) is 10.3. The fraction of sp³-hybridized carbons (Fsp3) is 0.833. The second-order valence-electron chi connectivity index (χ2n) is 4.53. The first-order chi connectivity index (χ1) is 7.68. The Balaban J connectivity index is 2.15. The molecule has 0 unspecified atom stereocenters. The first kappa shape index (κ1) is 13.6. The Kier molecular flexibility index (Phi) is 5.98. The molecule has 1 heterocycles. The largest absolute Gasteiger partial charge is 0.381 e. The van der Waals surface area contributed by atoms with Gasteiger partial charge in [-0.25, -0.2) is 0 Å². The quantitative estimate of drug-likeness (QED) is 0.497. The first-order valence-corrected chi connectivity index (χ1v) is 5.93. The van der Waals surface area contributed by atoms with Gasteiger partial charge in [-0.15, -0.1) is 0 Å². The summed E-state index contributed by atoms with van der Waals surface area (Å²) in [5.41, 5.74) is 6.94. The average Bonchev–Trinajstić information content (AvgIpc) is 2.29. The summed E-state index contributed by atoms with van der Waals surface area (Å²) in [5, 5.41) is 3.50. The molecule has 4 nitrogen and oxygen atoms in total. The van der Waals surface area contributed by atoms with Crippen LogP contribution in [0.2, 0.25) is 0 Å². The van der Waals surface area contributed by atoms with E-state index in [9.17, 15) is 0 Å². The molecule has 0 spiro atoms. The zero-order chi connectivity index (χ0) is 11.9. The van der Waals surface area contributed by atoms with E-state index in [0.717, 1.165) is 38.2 Å². The lowest BCUT2D eigenvalue weighted by molar-refractivity contribution is 0.0374. The topological polar surface area (TPSA) is 56.5 Å². The van der Waals surface area contributed by atoms with Gasteiger partial charge in [-0.05, 0) is 19.8 Å². The van der Waals surface area contributed by atoms with Crippen molar-refractivity contribution in [2.45, 2.75) is 25.3 Å². The first-order valence-electron chi connectivity index (χ1n) is 5.93. The summed E-state index contributed by atoms with van der Waals surface area (Å²) in [6.07, 6.45) is 1.98. The minimum absolute atomic E-state index is 0.0604. The maximum absolute atomic E-state index is 5.83. The van der Waals surface area contributed by atoms with E-state index in [2.05, 4.69) is 11.9 Å². The summed E-state index contributed by atoms with van der Waals surface area (Å²) in [5.74, 6) is 0. The molecule has 4 heteroatoms. The molecule has 0 saturated carbocycles. The van der Waals surface area contributed by atoms with Gasteiger partial charge >= 0.3 is 0 Å². The van der Waals surface area contributed by atoms with Crippen molar-refractivity contribution in [2.75, 3.05) is 39.5 Å². The van der Waals surface area contributed by atoms with Crippen LogP contribution in [0.15, 0.2) is 12.2 Å². The van der Waals surface area contributed by atoms with Gasteiger partial charge in [0.2, 0.25) is 0 Å². The number of rotatable bonds is 7. The maximum Gasteiger partial charge on any atom is 0.0672 e. The Hall–Kier alpha value is -0.420. The van der Waals surface area contributed by atoms with E-state index in [1.165, 1.54) is 0 Å². The third-order valence-corrected chi connectivity index (χ3v) is 2.94. The standard InChI is InChI=1S/C12H24N2O2/c1-11(2)9-16-8-5-14-12(10-13)3-6-15-7-4-12/h14H,1,3-10,13H2,2H3. The Labute approximate surface area is 98.2 Å². The number of hydrogen-bond acceptors (Lipinski definition) is 4. The van der Waals surface area contributed by atoms with Crippen molar-refractivity contribution in [1.29, 1.82) is 0 Å². The summed E-state index contributed by atoms with van der Waals surface area (Å²) in [4.78, 5) is 0. The zero-order valence-corrected chi connectivity index (χ0v) is 10.3. The van der Waals surface area contributed by atoms with Gasteiger partial charge in [-0.2, -0.15) is 0 Å². The van der Waals surface area contributed by atoms with Gasteiger partial charge in [-0.1, -0.05) is 12.2 Å². The van der Waals surface area contributed by atoms with E-state index >= 15 is 0 Å². The second kappa shape index (κ2) is 7.01. The molecule has 1 aliphatic rings. The minimum atomic E-state index is 0.0604. The van der Waals surface area contributed by atoms with Crippen molar-refractivity contribution in [1.82, 2.24) is 5.32 Å². The highest BCUT2D eigenvalue weighted by molar-refractivity contribution is 4.91. The lowest BCUT2D eigenvalue weighted by Gasteiger charge is -2.37. The maximum atomic E-state index is 5.83. The van der Waals surface area contributed by atoms with E-state index in [1.807, 2.05) is 6.92 Å². The molecule has 1 aliphatic heterocycles. The van der Waals surface area contributed by atoms with E-state index in [0.29, 0.717) is 19.8 Å². The molecular weight excluding hydrogens is 204 g/mol. The Bertz CT molecular complexity index is 213. The summed E-state index contributed by atoms with van der Waals surface area (Å²) in [6, 6.07) is 0. The molecule has 1 rings (SSSR count). The predicted octanol–water partition coefficient (Wildman–Crippen LogP) is 0.677. The average molecular weight is 228 g/mol. The van der Waals surface area contributed by atoms with Crippen LogP contribution in [0.3, 0.4) is 0 Å². The fourth-order valence-electron chi connectivity index (χ4n) is 1.85. The summed E-state index contributed by atoms with van der Waals surface area (Å²) < 4.78 is 10.8. The van der Waals surface area contributed by atoms with Crippen LogP contribution in [0.25, 0.3) is 0 Å². The molecule has 16 heavy (non-hydrogen) atoms. The van der Waals surface area contributed by atoms with Gasteiger partial charge in [0.15, 0.2) is 0 Å². The third-order valence-electron chi connectivity index (χ3n) is 2.94. The molecule has 1 saturated heterocycles. The van der Waals surface area contributed by atoms with E-state index in [1.54, 1.807) is 0 Å². The monoisotopic (exact) mass is 228 g/mol. The normalized spacial score (nSPS) is 19.6. The molecule has 0 radical (unpaired) electrons. The summed E-state index contributed by atoms with van der Waals surface area (Å²) in [6.45, 7) is 10.2. The van der Waals surface area contributed by atoms with Gasteiger partial charge in [-0.3, -0.25) is 0 Å². The van der Waals surface area contributed by atoms with Crippen LogP contribution in [0, 0.1) is 0 Å². The molecule has 0 amide bonds. The van der Waals surface area contributed by atoms with Gasteiger partial charge in [0, 0.05) is 31.8 Å². The van der Waals surface area contributed by atoms with E-state index in [-0.39, 0.29) is 5.54 Å². The molecule has 0 aromatic heterocycles. The van der Waals surface area contributed by atoms with Crippen molar-refractivity contribution < 1.29 is 9.47 Å². The van der Waals surface area contributed by atoms with Gasteiger partial charge in [0.05, 0.1) is 13.2 Å². The Morgan fingerprint density at radius 1 is 1.50 bits per heavy atom. The Morgan fingerprint density at radius 2 is 2.19 bits per heavy atom. The van der Waals surface area contributed by atoms with Gasteiger partial charge in [0.1, 0.15) is 0 Å². The van der Waals surface area contributed by atoms with Crippen LogP contribution >= 0.6 is 0 Å². The predicted molar refractivity (Wildman–Crippen MR) is 65.5 cm³/mol. The molecule has 0 atom stereocenters. The molecular formula is C12H24N2O2. The van der Waals surface area contributed by atoms with Crippen LogP contribution < -0.4 is 11.1 Å². The van der Waals surface area contributed by atoms with Crippen molar-refractivity contribution in [3.63, 3.8) is 0 Å². The highest BCUT2D eigenvalue weighted by Crippen LogP contribution is 2.18. The van der Waals surface area contributed by atoms with E-state index < -0.39 is 0 Å². The lowest BCUT2D eigenvalue weighted by atomic mass is 9.90. The summed E-state index contributed by atoms with van der Waals surface area (Å²) >= 11 is 0. The van der Waals surface area contributed by atoms with Crippen molar-refractivity contribution >= 4 is 0 Å². The highest BCUT2D eigenvalue weighted by Gasteiger charge is 2.30. The molecule has 0 aromatic carbocycles. The van der Waals surface area contributed by atoms with E-state index in [4.69, 9.17) is 15.2 Å². The minimum Gasteiger partial charge on any atom is -0.381 e. The molecule has 94 valence electrons. The molecule has 1 fully saturated rings.